The SMILES string of the molecule is COc1cc(NC(=O)CSc2n[nH]c(C(C)C)n2)c(Br)cc1Br. The third-order valence-electron chi connectivity index (χ3n) is 2.88. The van der Waals surface area contributed by atoms with E-state index < -0.39 is 0 Å². The van der Waals surface area contributed by atoms with Gasteiger partial charge < -0.3 is 10.1 Å². The minimum absolute atomic E-state index is 0.143. The molecule has 2 rings (SSSR count). The molecule has 23 heavy (non-hydrogen) atoms. The number of hydrogen-bond acceptors (Lipinski definition) is 5. The first kappa shape index (κ1) is 18.3. The first-order valence-electron chi connectivity index (χ1n) is 6.78. The predicted octanol–water partition coefficient (Wildman–Crippen LogP) is 4.19. The summed E-state index contributed by atoms with van der Waals surface area (Å²) in [6.07, 6.45) is 0. The molecule has 0 saturated carbocycles. The number of benzene rings is 1. The molecular formula is C14H16Br2N4O2S. The summed E-state index contributed by atoms with van der Waals surface area (Å²) in [5.41, 5.74) is 0.647. The van der Waals surface area contributed by atoms with Gasteiger partial charge in [0.25, 0.3) is 0 Å². The van der Waals surface area contributed by atoms with Gasteiger partial charge in [-0.3, -0.25) is 9.89 Å². The maximum absolute atomic E-state index is 12.1. The van der Waals surface area contributed by atoms with Crippen LogP contribution in [0.5, 0.6) is 5.75 Å². The second-order valence-electron chi connectivity index (χ2n) is 4.96. The average molecular weight is 464 g/mol. The standard InChI is InChI=1S/C14H16Br2N4O2S/c1-7(2)13-18-14(20-19-13)23-6-12(21)17-10-5-11(22-3)9(16)4-8(10)15/h4-5,7H,6H2,1-3H3,(H,17,21)(H,18,19,20). The monoisotopic (exact) mass is 462 g/mol. The molecule has 1 aromatic carbocycles. The first-order chi connectivity index (χ1) is 10.9. The fourth-order valence-electron chi connectivity index (χ4n) is 1.68. The Morgan fingerprint density at radius 3 is 2.74 bits per heavy atom. The molecule has 0 bridgehead atoms. The van der Waals surface area contributed by atoms with E-state index in [0.717, 1.165) is 14.8 Å². The topological polar surface area (TPSA) is 79.9 Å². The van der Waals surface area contributed by atoms with Crippen molar-refractivity contribution in [2.45, 2.75) is 24.9 Å². The van der Waals surface area contributed by atoms with Gasteiger partial charge in [0.1, 0.15) is 11.6 Å². The zero-order chi connectivity index (χ0) is 17.0. The van der Waals surface area contributed by atoms with Crippen LogP contribution in [-0.2, 0) is 4.79 Å². The Kier molecular flexibility index (Phi) is 6.49. The second-order valence-corrected chi connectivity index (χ2v) is 7.61. The van der Waals surface area contributed by atoms with Gasteiger partial charge in [-0.1, -0.05) is 25.6 Å². The summed E-state index contributed by atoms with van der Waals surface area (Å²) in [6, 6.07) is 3.58. The van der Waals surface area contributed by atoms with E-state index in [1.54, 1.807) is 13.2 Å². The number of nitrogens with one attached hydrogen (secondary N) is 2. The van der Waals surface area contributed by atoms with E-state index in [2.05, 4.69) is 52.4 Å². The Morgan fingerprint density at radius 2 is 2.13 bits per heavy atom. The van der Waals surface area contributed by atoms with Gasteiger partial charge in [0.2, 0.25) is 11.1 Å². The number of halogens is 2. The second kappa shape index (κ2) is 8.16. The maximum Gasteiger partial charge on any atom is 0.234 e. The van der Waals surface area contributed by atoms with Crippen molar-refractivity contribution in [3.63, 3.8) is 0 Å². The molecule has 9 heteroatoms. The summed E-state index contributed by atoms with van der Waals surface area (Å²) in [5.74, 6) is 1.81. The van der Waals surface area contributed by atoms with E-state index in [1.807, 2.05) is 19.9 Å². The number of methoxy groups -OCH3 is 1. The number of carbonyl (C=O) groups excluding carboxylic acids is 1. The first-order valence-corrected chi connectivity index (χ1v) is 9.35. The average Bonchev–Trinajstić information content (AvgIpc) is 2.97. The zero-order valence-corrected chi connectivity index (χ0v) is 16.8. The van der Waals surface area contributed by atoms with Crippen molar-refractivity contribution in [2.24, 2.45) is 0 Å². The van der Waals surface area contributed by atoms with Gasteiger partial charge in [-0.2, -0.15) is 0 Å². The maximum atomic E-state index is 12.1. The van der Waals surface area contributed by atoms with E-state index in [9.17, 15) is 4.79 Å². The van der Waals surface area contributed by atoms with Crippen molar-refractivity contribution >= 4 is 55.2 Å². The quantitative estimate of drug-likeness (QED) is 0.627. The van der Waals surface area contributed by atoms with Gasteiger partial charge in [-0.05, 0) is 37.9 Å². The molecule has 0 aliphatic rings. The predicted molar refractivity (Wildman–Crippen MR) is 98.2 cm³/mol. The van der Waals surface area contributed by atoms with Crippen LogP contribution in [0.4, 0.5) is 5.69 Å². The lowest BCUT2D eigenvalue weighted by Crippen LogP contribution is -2.14. The molecule has 2 N–H and O–H groups in total. The van der Waals surface area contributed by atoms with Gasteiger partial charge in [0.15, 0.2) is 0 Å². The molecule has 0 atom stereocenters. The molecule has 0 unspecified atom stereocenters. The third-order valence-corrected chi connectivity index (χ3v) is 5.00. The van der Waals surface area contributed by atoms with E-state index >= 15 is 0 Å². The highest BCUT2D eigenvalue weighted by molar-refractivity contribution is 9.11. The van der Waals surface area contributed by atoms with E-state index in [4.69, 9.17) is 4.74 Å². The Bertz CT molecular complexity index is 706. The number of aromatic nitrogens is 3. The van der Waals surface area contributed by atoms with Crippen LogP contribution in [0.2, 0.25) is 0 Å². The molecule has 6 nitrogen and oxygen atoms in total. The summed E-state index contributed by atoms with van der Waals surface area (Å²) < 4.78 is 6.80. The minimum Gasteiger partial charge on any atom is -0.495 e. The summed E-state index contributed by atoms with van der Waals surface area (Å²) >= 11 is 8.09. The van der Waals surface area contributed by atoms with Crippen LogP contribution in [0.25, 0.3) is 0 Å². The molecule has 1 aromatic heterocycles. The van der Waals surface area contributed by atoms with Crippen LogP contribution < -0.4 is 10.1 Å². The Hall–Kier alpha value is -1.06. The number of rotatable bonds is 6. The Labute approximate surface area is 155 Å². The number of amides is 1. The number of H-pyrrole nitrogens is 1. The summed E-state index contributed by atoms with van der Waals surface area (Å²) in [7, 11) is 1.57. The van der Waals surface area contributed by atoms with Crippen molar-refractivity contribution in [2.75, 3.05) is 18.2 Å². The molecule has 0 aliphatic carbocycles. The number of thioether (sulfide) groups is 1. The number of aromatic amines is 1. The molecule has 1 amide bonds. The lowest BCUT2D eigenvalue weighted by Gasteiger charge is -2.10. The minimum atomic E-state index is -0.143. The van der Waals surface area contributed by atoms with Crippen LogP contribution in [0.1, 0.15) is 25.6 Å². The molecule has 0 radical (unpaired) electrons. The lowest BCUT2D eigenvalue weighted by molar-refractivity contribution is -0.113. The van der Waals surface area contributed by atoms with E-state index in [1.165, 1.54) is 11.8 Å². The largest absolute Gasteiger partial charge is 0.495 e. The van der Waals surface area contributed by atoms with E-state index in [-0.39, 0.29) is 17.6 Å². The number of hydrogen-bond donors (Lipinski definition) is 2. The number of anilines is 1. The molecule has 1 heterocycles. The van der Waals surface area contributed by atoms with Gasteiger partial charge in [0.05, 0.1) is 23.0 Å². The molecule has 2 aromatic rings. The Morgan fingerprint density at radius 1 is 1.39 bits per heavy atom. The van der Waals surface area contributed by atoms with Gasteiger partial charge in [-0.25, -0.2) is 4.98 Å². The van der Waals surface area contributed by atoms with Crippen molar-refractivity contribution in [1.82, 2.24) is 15.2 Å². The molecule has 0 aliphatic heterocycles. The van der Waals surface area contributed by atoms with Gasteiger partial charge >= 0.3 is 0 Å². The molecule has 0 fully saturated rings. The molecule has 124 valence electrons. The summed E-state index contributed by atoms with van der Waals surface area (Å²) in [6.45, 7) is 4.06. The molecule has 0 spiro atoms. The summed E-state index contributed by atoms with van der Waals surface area (Å²) in [4.78, 5) is 16.4. The van der Waals surface area contributed by atoms with Crippen molar-refractivity contribution in [1.29, 1.82) is 0 Å². The van der Waals surface area contributed by atoms with Gasteiger partial charge in [0, 0.05) is 16.5 Å². The number of nitrogens with zero attached hydrogens (tertiary/aromatic N) is 2. The summed E-state index contributed by atoms with van der Waals surface area (Å²) in [5, 5.41) is 10.4. The highest BCUT2D eigenvalue weighted by Gasteiger charge is 2.12. The van der Waals surface area contributed by atoms with Gasteiger partial charge in [-0.15, -0.1) is 5.10 Å². The smallest absolute Gasteiger partial charge is 0.234 e. The van der Waals surface area contributed by atoms with E-state index in [0.29, 0.717) is 16.6 Å². The Balaban J connectivity index is 1.96. The van der Waals surface area contributed by atoms with Crippen LogP contribution in [-0.4, -0.2) is 34.0 Å². The fourth-order valence-corrected chi connectivity index (χ4v) is 3.54. The highest BCUT2D eigenvalue weighted by Crippen LogP contribution is 2.34. The van der Waals surface area contributed by atoms with Crippen LogP contribution in [0, 0.1) is 0 Å². The number of ether oxygens (including phenoxy) is 1. The number of carbonyl (C=O) groups is 1. The highest BCUT2D eigenvalue weighted by atomic mass is 79.9. The van der Waals surface area contributed by atoms with Crippen LogP contribution in [0.15, 0.2) is 26.2 Å². The van der Waals surface area contributed by atoms with Crippen LogP contribution >= 0.6 is 43.6 Å². The van der Waals surface area contributed by atoms with Crippen molar-refractivity contribution < 1.29 is 9.53 Å². The van der Waals surface area contributed by atoms with Crippen molar-refractivity contribution in [3.05, 3.63) is 26.9 Å². The normalized spacial score (nSPS) is 10.9. The fraction of sp³-hybridized carbons (Fsp3) is 0.357. The molecule has 0 saturated heterocycles. The zero-order valence-electron chi connectivity index (χ0n) is 12.8. The third kappa shape index (κ3) is 4.95. The lowest BCUT2D eigenvalue weighted by atomic mass is 10.2. The van der Waals surface area contributed by atoms with Crippen molar-refractivity contribution in [3.8, 4) is 5.75 Å². The molecular weight excluding hydrogens is 448 g/mol. The van der Waals surface area contributed by atoms with Crippen LogP contribution in [0.3, 0.4) is 0 Å².